The van der Waals surface area contributed by atoms with Gasteiger partial charge in [-0.25, -0.2) is 4.98 Å². The van der Waals surface area contributed by atoms with E-state index in [1.807, 2.05) is 35.2 Å². The third-order valence-electron chi connectivity index (χ3n) is 5.23. The van der Waals surface area contributed by atoms with E-state index in [1.54, 1.807) is 6.20 Å². The first kappa shape index (κ1) is 21.1. The lowest BCUT2D eigenvalue weighted by molar-refractivity contribution is 0.0644. The molecule has 1 aliphatic heterocycles. The minimum Gasteiger partial charge on any atom is -0.384 e. The second-order valence-electron chi connectivity index (χ2n) is 7.47. The summed E-state index contributed by atoms with van der Waals surface area (Å²) in [6, 6.07) is 14.1. The average Bonchev–Trinajstić information content (AvgIpc) is 2.78. The van der Waals surface area contributed by atoms with E-state index in [2.05, 4.69) is 46.4 Å². The number of nitrogens with zero attached hydrogens (tertiary/aromatic N) is 3. The summed E-state index contributed by atoms with van der Waals surface area (Å²) < 4.78 is 0. The summed E-state index contributed by atoms with van der Waals surface area (Å²) in [5.74, 6) is 0.0296. The highest BCUT2D eigenvalue weighted by Gasteiger charge is 2.22. The zero-order valence-corrected chi connectivity index (χ0v) is 17.4. The quantitative estimate of drug-likeness (QED) is 0.651. The number of piperazine rings is 1. The highest BCUT2D eigenvalue weighted by Crippen LogP contribution is 2.11. The van der Waals surface area contributed by atoms with Gasteiger partial charge in [-0.3, -0.25) is 9.69 Å². The Bertz CT molecular complexity index is 765. The van der Waals surface area contributed by atoms with Gasteiger partial charge >= 0.3 is 0 Å². The fraction of sp³-hybridized carbons (Fsp3) is 0.417. The van der Waals surface area contributed by atoms with Gasteiger partial charge in [0.15, 0.2) is 0 Å². The summed E-state index contributed by atoms with van der Waals surface area (Å²) >= 11 is 0. The van der Waals surface area contributed by atoms with Gasteiger partial charge < -0.3 is 10.2 Å². The lowest BCUT2D eigenvalue weighted by Gasteiger charge is -2.34. The van der Waals surface area contributed by atoms with Crippen molar-refractivity contribution in [1.82, 2.24) is 14.8 Å². The first-order chi connectivity index (χ1) is 14.3. The fourth-order valence-electron chi connectivity index (χ4n) is 3.43. The summed E-state index contributed by atoms with van der Waals surface area (Å²) in [6.45, 7) is 7.33. The molecule has 0 atom stereocenters. The minimum absolute atomic E-state index is 0.0296. The van der Waals surface area contributed by atoms with Crippen molar-refractivity contribution < 1.29 is 4.79 Å². The van der Waals surface area contributed by atoms with Crippen LogP contribution in [0.15, 0.2) is 54.7 Å². The Morgan fingerprint density at radius 3 is 2.55 bits per heavy atom. The molecule has 0 radical (unpaired) electrons. The van der Waals surface area contributed by atoms with Gasteiger partial charge in [0.2, 0.25) is 0 Å². The van der Waals surface area contributed by atoms with Gasteiger partial charge in [-0.05, 0) is 24.1 Å². The maximum atomic E-state index is 12.7. The van der Waals surface area contributed by atoms with E-state index < -0.39 is 0 Å². The molecule has 3 rings (SSSR count). The summed E-state index contributed by atoms with van der Waals surface area (Å²) in [4.78, 5) is 21.4. The Balaban J connectivity index is 1.42. The maximum absolute atomic E-state index is 12.7. The number of benzene rings is 1. The van der Waals surface area contributed by atoms with Gasteiger partial charge in [0.25, 0.3) is 5.91 Å². The van der Waals surface area contributed by atoms with Crippen LogP contribution in [0.2, 0.25) is 0 Å². The largest absolute Gasteiger partial charge is 0.384 e. The number of carbonyl (C=O) groups is 1. The third kappa shape index (κ3) is 6.71. The van der Waals surface area contributed by atoms with Crippen molar-refractivity contribution >= 4 is 17.7 Å². The van der Waals surface area contributed by atoms with Crippen molar-refractivity contribution in [2.75, 3.05) is 44.6 Å². The molecule has 1 aromatic carbocycles. The van der Waals surface area contributed by atoms with Crippen LogP contribution in [0.5, 0.6) is 0 Å². The summed E-state index contributed by atoms with van der Waals surface area (Å²) in [5.41, 5.74) is 2.73. The van der Waals surface area contributed by atoms with E-state index >= 15 is 0 Å². The molecular formula is C24H32N4O. The lowest BCUT2D eigenvalue weighted by Crippen LogP contribution is -2.48. The molecule has 0 spiro atoms. The summed E-state index contributed by atoms with van der Waals surface area (Å²) in [7, 11) is 0. The van der Waals surface area contributed by atoms with Gasteiger partial charge in [0.1, 0.15) is 5.69 Å². The first-order valence-electron chi connectivity index (χ1n) is 10.7. The second kappa shape index (κ2) is 11.4. The van der Waals surface area contributed by atoms with Crippen LogP contribution in [0, 0.1) is 0 Å². The zero-order valence-electron chi connectivity index (χ0n) is 17.4. The molecule has 1 fully saturated rings. The molecular weight excluding hydrogens is 360 g/mol. The van der Waals surface area contributed by atoms with Crippen molar-refractivity contribution in [2.45, 2.75) is 26.2 Å². The van der Waals surface area contributed by atoms with E-state index in [4.69, 9.17) is 0 Å². The number of amides is 1. The molecule has 0 aliphatic carbocycles. The summed E-state index contributed by atoms with van der Waals surface area (Å²) in [6.07, 6.45) is 9.71. The van der Waals surface area contributed by atoms with Gasteiger partial charge in [-0.2, -0.15) is 0 Å². The van der Waals surface area contributed by atoms with Crippen molar-refractivity contribution in [1.29, 1.82) is 0 Å². The molecule has 1 amide bonds. The fourth-order valence-corrected chi connectivity index (χ4v) is 3.43. The molecule has 154 valence electrons. The van der Waals surface area contributed by atoms with E-state index in [1.165, 1.54) is 18.4 Å². The minimum atomic E-state index is 0.0296. The van der Waals surface area contributed by atoms with Gasteiger partial charge in [0.05, 0.1) is 11.9 Å². The monoisotopic (exact) mass is 392 g/mol. The van der Waals surface area contributed by atoms with Crippen LogP contribution in [0.4, 0.5) is 5.69 Å². The van der Waals surface area contributed by atoms with E-state index in [0.29, 0.717) is 5.69 Å². The predicted octanol–water partition coefficient (Wildman–Crippen LogP) is 4.15. The van der Waals surface area contributed by atoms with E-state index in [0.717, 1.165) is 51.4 Å². The zero-order chi connectivity index (χ0) is 20.3. The number of carbonyl (C=O) groups excluding carboxylic acids is 1. The SMILES string of the molecule is CCCCCNc1ccc(C(=O)N2CCN(C/C=C/c3ccccc3)CC2)nc1. The molecule has 2 aromatic rings. The average molecular weight is 393 g/mol. The topological polar surface area (TPSA) is 48.5 Å². The van der Waals surface area contributed by atoms with Crippen LogP contribution in [-0.2, 0) is 0 Å². The van der Waals surface area contributed by atoms with Crippen molar-refractivity contribution in [3.63, 3.8) is 0 Å². The van der Waals surface area contributed by atoms with Gasteiger partial charge in [-0.15, -0.1) is 0 Å². The smallest absolute Gasteiger partial charge is 0.272 e. The Hall–Kier alpha value is -2.66. The molecule has 5 nitrogen and oxygen atoms in total. The van der Waals surface area contributed by atoms with E-state index in [9.17, 15) is 4.79 Å². The van der Waals surface area contributed by atoms with Gasteiger partial charge in [-0.1, -0.05) is 62.2 Å². The van der Waals surface area contributed by atoms with Crippen LogP contribution in [0.3, 0.4) is 0 Å². The van der Waals surface area contributed by atoms with Crippen LogP contribution in [-0.4, -0.2) is 60.0 Å². The molecule has 1 aliphatic rings. The van der Waals surface area contributed by atoms with Crippen LogP contribution >= 0.6 is 0 Å². The number of anilines is 1. The molecule has 0 saturated carbocycles. The Morgan fingerprint density at radius 2 is 1.86 bits per heavy atom. The highest BCUT2D eigenvalue weighted by atomic mass is 16.2. The first-order valence-corrected chi connectivity index (χ1v) is 10.7. The molecule has 1 aromatic heterocycles. The number of nitrogens with one attached hydrogen (secondary N) is 1. The molecule has 5 heteroatoms. The number of pyridine rings is 1. The van der Waals surface area contributed by atoms with Crippen LogP contribution in [0.1, 0.15) is 42.2 Å². The predicted molar refractivity (Wildman–Crippen MR) is 120 cm³/mol. The van der Waals surface area contributed by atoms with Crippen molar-refractivity contribution in [3.8, 4) is 0 Å². The molecule has 2 heterocycles. The molecule has 29 heavy (non-hydrogen) atoms. The van der Waals surface area contributed by atoms with Crippen LogP contribution in [0.25, 0.3) is 6.08 Å². The van der Waals surface area contributed by atoms with Crippen molar-refractivity contribution in [3.05, 3.63) is 66.0 Å². The molecule has 0 unspecified atom stereocenters. The number of hydrogen-bond donors (Lipinski definition) is 1. The van der Waals surface area contributed by atoms with Crippen LogP contribution < -0.4 is 5.32 Å². The summed E-state index contributed by atoms with van der Waals surface area (Å²) in [5, 5.41) is 3.36. The molecule has 1 saturated heterocycles. The third-order valence-corrected chi connectivity index (χ3v) is 5.23. The Labute approximate surface area is 174 Å². The number of rotatable bonds is 9. The Kier molecular flexibility index (Phi) is 8.25. The van der Waals surface area contributed by atoms with E-state index in [-0.39, 0.29) is 5.91 Å². The molecule has 1 N–H and O–H groups in total. The number of aromatic nitrogens is 1. The maximum Gasteiger partial charge on any atom is 0.272 e. The second-order valence-corrected chi connectivity index (χ2v) is 7.47. The number of unbranched alkanes of at least 4 members (excludes halogenated alkanes) is 2. The van der Waals surface area contributed by atoms with Crippen molar-refractivity contribution in [2.24, 2.45) is 0 Å². The lowest BCUT2D eigenvalue weighted by atomic mass is 10.2. The highest BCUT2D eigenvalue weighted by molar-refractivity contribution is 5.92. The normalized spacial score (nSPS) is 15.0. The standard InChI is InChI=1S/C24H32N4O/c1-2-3-7-14-25-22-12-13-23(26-20-22)24(29)28-18-16-27(17-19-28)15-8-11-21-9-5-4-6-10-21/h4-6,8-13,20,25H,2-3,7,14-19H2,1H3/b11-8+. The number of hydrogen-bond acceptors (Lipinski definition) is 4. The molecule has 0 bridgehead atoms. The van der Waals surface area contributed by atoms with Gasteiger partial charge in [0, 0.05) is 39.3 Å². The Morgan fingerprint density at radius 1 is 1.07 bits per heavy atom.